The Balaban J connectivity index is 1.63. The fourth-order valence-electron chi connectivity index (χ4n) is 5.36. The molecule has 0 N–H and O–H groups in total. The fourth-order valence-corrected chi connectivity index (χ4v) is 5.36. The molecule has 0 atom stereocenters. The van der Waals surface area contributed by atoms with Crippen molar-refractivity contribution in [3.05, 3.63) is 126 Å². The van der Waals surface area contributed by atoms with Crippen molar-refractivity contribution in [3.63, 3.8) is 0 Å². The SMILES string of the molecule is [C-]#[N+]c1ccccc1-n1c2ccccc2c2ccc(-n3c4ccccc4c4c(F)cccc43)cc21. The average molecular weight is 452 g/mol. The maximum atomic E-state index is 15.0. The summed E-state index contributed by atoms with van der Waals surface area (Å²) in [5.41, 5.74) is 6.22. The molecular formula is C31H18FN3. The summed E-state index contributed by atoms with van der Waals surface area (Å²) < 4.78 is 19.2. The smallest absolute Gasteiger partial charge is 0.210 e. The maximum absolute atomic E-state index is 15.0. The minimum absolute atomic E-state index is 0.223. The molecule has 0 bridgehead atoms. The van der Waals surface area contributed by atoms with Crippen molar-refractivity contribution in [2.24, 2.45) is 0 Å². The summed E-state index contributed by atoms with van der Waals surface area (Å²) in [5.74, 6) is -0.223. The number of rotatable bonds is 2. The lowest BCUT2D eigenvalue weighted by molar-refractivity contribution is 0.640. The molecule has 0 aliphatic rings. The highest BCUT2D eigenvalue weighted by Gasteiger charge is 2.18. The third-order valence-electron chi connectivity index (χ3n) is 6.81. The molecule has 35 heavy (non-hydrogen) atoms. The number of benzene rings is 5. The van der Waals surface area contributed by atoms with Crippen LogP contribution < -0.4 is 0 Å². The molecule has 2 aromatic heterocycles. The second-order valence-corrected chi connectivity index (χ2v) is 8.64. The van der Waals surface area contributed by atoms with Crippen molar-refractivity contribution >= 4 is 49.3 Å². The summed E-state index contributed by atoms with van der Waals surface area (Å²) in [6.45, 7) is 7.73. The topological polar surface area (TPSA) is 14.2 Å². The second kappa shape index (κ2) is 7.31. The molecule has 4 heteroatoms. The number of aromatic nitrogens is 2. The van der Waals surface area contributed by atoms with Crippen LogP contribution in [0.15, 0.2) is 109 Å². The van der Waals surface area contributed by atoms with Crippen LogP contribution in [0, 0.1) is 12.4 Å². The number of hydrogen-bond acceptors (Lipinski definition) is 0. The normalized spacial score (nSPS) is 11.5. The zero-order chi connectivity index (χ0) is 23.5. The molecule has 0 spiro atoms. The summed E-state index contributed by atoms with van der Waals surface area (Å²) in [4.78, 5) is 3.79. The number of fused-ring (bicyclic) bond motifs is 6. The van der Waals surface area contributed by atoms with Gasteiger partial charge in [0.25, 0.3) is 0 Å². The standard InChI is InChI=1S/C31H18FN3/c1-33-25-12-4-7-15-28(25)35-26-13-5-2-9-21(26)22-18-17-20(19-30(22)35)34-27-14-6-3-10-23(27)31-24(32)11-8-16-29(31)34/h2-19H. The molecule has 7 rings (SSSR count). The largest absolute Gasteiger partial charge is 0.319 e. The van der Waals surface area contributed by atoms with Gasteiger partial charge in [-0.05, 0) is 42.5 Å². The molecule has 0 fully saturated rings. The Morgan fingerprint density at radius 1 is 0.571 bits per heavy atom. The first-order valence-corrected chi connectivity index (χ1v) is 11.4. The van der Waals surface area contributed by atoms with E-state index in [1.165, 1.54) is 6.07 Å². The van der Waals surface area contributed by atoms with Gasteiger partial charge in [0.2, 0.25) is 5.69 Å². The third kappa shape index (κ3) is 2.70. The zero-order valence-electron chi connectivity index (χ0n) is 18.6. The lowest BCUT2D eigenvalue weighted by atomic mass is 10.1. The summed E-state index contributed by atoms with van der Waals surface area (Å²) >= 11 is 0. The molecule has 0 unspecified atom stereocenters. The van der Waals surface area contributed by atoms with Crippen LogP contribution in [0.1, 0.15) is 0 Å². The molecule has 164 valence electrons. The van der Waals surface area contributed by atoms with E-state index in [1.807, 2.05) is 66.7 Å². The highest BCUT2D eigenvalue weighted by atomic mass is 19.1. The van der Waals surface area contributed by atoms with Crippen LogP contribution in [0.4, 0.5) is 10.1 Å². The Hall–Kier alpha value is -4.88. The van der Waals surface area contributed by atoms with Crippen molar-refractivity contribution < 1.29 is 4.39 Å². The van der Waals surface area contributed by atoms with Crippen LogP contribution in [0.2, 0.25) is 0 Å². The van der Waals surface area contributed by atoms with Gasteiger partial charge in [0, 0.05) is 27.2 Å². The first-order valence-electron chi connectivity index (χ1n) is 11.4. The molecule has 3 nitrogen and oxygen atoms in total. The van der Waals surface area contributed by atoms with Gasteiger partial charge in [-0.3, -0.25) is 0 Å². The van der Waals surface area contributed by atoms with E-state index in [9.17, 15) is 4.39 Å². The van der Waals surface area contributed by atoms with E-state index in [1.54, 1.807) is 6.07 Å². The van der Waals surface area contributed by atoms with Gasteiger partial charge in [-0.2, -0.15) is 0 Å². The molecular weight excluding hydrogens is 433 g/mol. The summed E-state index contributed by atoms with van der Waals surface area (Å²) in [5, 5.41) is 3.75. The predicted octanol–water partition coefficient (Wildman–Crippen LogP) is 8.57. The highest BCUT2D eigenvalue weighted by molar-refractivity contribution is 6.12. The van der Waals surface area contributed by atoms with Crippen LogP contribution in [0.25, 0.3) is 59.8 Å². The minimum atomic E-state index is -0.223. The van der Waals surface area contributed by atoms with Gasteiger partial charge in [-0.25, -0.2) is 9.24 Å². The molecule has 0 aliphatic carbocycles. The molecule has 7 aromatic rings. The molecule has 0 aliphatic heterocycles. The van der Waals surface area contributed by atoms with Crippen molar-refractivity contribution in [2.75, 3.05) is 0 Å². The Labute approximate surface area is 200 Å². The summed E-state index contributed by atoms with van der Waals surface area (Å²) in [6.07, 6.45) is 0. The fraction of sp³-hybridized carbons (Fsp3) is 0. The molecule has 0 amide bonds. The van der Waals surface area contributed by atoms with Crippen molar-refractivity contribution in [1.29, 1.82) is 0 Å². The third-order valence-corrected chi connectivity index (χ3v) is 6.81. The van der Waals surface area contributed by atoms with Crippen LogP contribution in [0.3, 0.4) is 0 Å². The molecule has 0 saturated carbocycles. The Kier molecular flexibility index (Phi) is 4.09. The average Bonchev–Trinajstić information content (AvgIpc) is 3.42. The van der Waals surface area contributed by atoms with Crippen LogP contribution in [0.5, 0.6) is 0 Å². The monoisotopic (exact) mass is 451 g/mol. The zero-order valence-corrected chi connectivity index (χ0v) is 18.6. The van der Waals surface area contributed by atoms with E-state index in [0.717, 1.165) is 49.6 Å². The maximum Gasteiger partial charge on any atom is 0.210 e. The first-order chi connectivity index (χ1) is 17.3. The molecule has 0 radical (unpaired) electrons. The van der Waals surface area contributed by atoms with Gasteiger partial charge in [0.15, 0.2) is 0 Å². The highest BCUT2D eigenvalue weighted by Crippen LogP contribution is 2.38. The Morgan fingerprint density at radius 2 is 1.23 bits per heavy atom. The predicted molar refractivity (Wildman–Crippen MR) is 141 cm³/mol. The van der Waals surface area contributed by atoms with E-state index in [4.69, 9.17) is 6.57 Å². The minimum Gasteiger partial charge on any atom is -0.319 e. The van der Waals surface area contributed by atoms with Crippen molar-refractivity contribution in [1.82, 2.24) is 9.13 Å². The summed E-state index contributed by atoms with van der Waals surface area (Å²) in [7, 11) is 0. The van der Waals surface area contributed by atoms with Crippen LogP contribution in [-0.2, 0) is 0 Å². The van der Waals surface area contributed by atoms with Gasteiger partial charge in [0.1, 0.15) is 5.82 Å². The van der Waals surface area contributed by atoms with Gasteiger partial charge >= 0.3 is 0 Å². The van der Waals surface area contributed by atoms with E-state index >= 15 is 0 Å². The molecule has 0 saturated heterocycles. The van der Waals surface area contributed by atoms with Crippen molar-refractivity contribution in [3.8, 4) is 11.4 Å². The Morgan fingerprint density at radius 3 is 2.06 bits per heavy atom. The first kappa shape index (κ1) is 19.6. The van der Waals surface area contributed by atoms with E-state index in [0.29, 0.717) is 11.1 Å². The van der Waals surface area contributed by atoms with Gasteiger partial charge in [-0.15, -0.1) is 0 Å². The van der Waals surface area contributed by atoms with Crippen molar-refractivity contribution in [2.45, 2.75) is 0 Å². The van der Waals surface area contributed by atoms with Crippen LogP contribution >= 0.6 is 0 Å². The molecule has 2 heterocycles. The van der Waals surface area contributed by atoms with Gasteiger partial charge in [-0.1, -0.05) is 66.7 Å². The number of para-hydroxylation sites is 4. The lowest BCUT2D eigenvalue weighted by Gasteiger charge is -2.12. The molecule has 5 aromatic carbocycles. The second-order valence-electron chi connectivity index (χ2n) is 8.64. The van der Waals surface area contributed by atoms with Crippen LogP contribution in [-0.4, -0.2) is 9.13 Å². The van der Waals surface area contributed by atoms with Gasteiger partial charge in [0.05, 0.1) is 34.3 Å². The van der Waals surface area contributed by atoms with E-state index in [2.05, 4.69) is 44.3 Å². The summed E-state index contributed by atoms with van der Waals surface area (Å²) in [6, 6.07) is 35.5. The quantitative estimate of drug-likeness (QED) is 0.234. The van der Waals surface area contributed by atoms with E-state index in [-0.39, 0.29) is 5.82 Å². The number of nitrogens with zero attached hydrogens (tertiary/aromatic N) is 3. The van der Waals surface area contributed by atoms with E-state index < -0.39 is 0 Å². The van der Waals surface area contributed by atoms with Gasteiger partial charge < -0.3 is 9.13 Å². The lowest BCUT2D eigenvalue weighted by Crippen LogP contribution is -1.97. The number of halogens is 1. The Bertz CT molecular complexity index is 1980. The number of hydrogen-bond donors (Lipinski definition) is 0.